The first kappa shape index (κ1) is 17.2. The largest absolute Gasteiger partial charge is 0.496 e. The number of carboxylic acid groups (broad SMARTS) is 1. The zero-order valence-corrected chi connectivity index (χ0v) is 14.6. The van der Waals surface area contributed by atoms with Crippen LogP contribution in [0, 0.1) is 5.41 Å². The van der Waals surface area contributed by atoms with Gasteiger partial charge in [-0.25, -0.2) is 4.79 Å². The van der Waals surface area contributed by atoms with Crippen molar-refractivity contribution in [3.05, 3.63) is 29.3 Å². The van der Waals surface area contributed by atoms with Crippen LogP contribution in [-0.2, 0) is 11.3 Å². The van der Waals surface area contributed by atoms with Crippen molar-refractivity contribution < 1.29 is 19.4 Å². The molecule has 0 amide bonds. The molecular formula is C19H27NO4. The Balaban J connectivity index is 1.78. The second-order valence-electron chi connectivity index (χ2n) is 7.12. The number of methoxy groups -OCH3 is 2. The van der Waals surface area contributed by atoms with E-state index in [0.29, 0.717) is 11.7 Å². The summed E-state index contributed by atoms with van der Waals surface area (Å²) in [6.45, 7) is 2.78. The van der Waals surface area contributed by atoms with E-state index in [2.05, 4.69) is 4.90 Å². The first-order valence-electron chi connectivity index (χ1n) is 8.73. The van der Waals surface area contributed by atoms with E-state index in [0.717, 1.165) is 37.4 Å². The summed E-state index contributed by atoms with van der Waals surface area (Å²) in [5.74, 6) is -0.140. The minimum Gasteiger partial charge on any atom is -0.496 e. The van der Waals surface area contributed by atoms with Gasteiger partial charge >= 0.3 is 5.97 Å². The molecule has 1 aromatic rings. The normalized spacial score (nSPS) is 27.5. The molecule has 1 aromatic carbocycles. The second kappa shape index (κ2) is 7.11. The fourth-order valence-electron chi connectivity index (χ4n) is 4.61. The van der Waals surface area contributed by atoms with Crippen molar-refractivity contribution in [3.63, 3.8) is 0 Å². The van der Waals surface area contributed by atoms with Crippen LogP contribution in [0.4, 0.5) is 0 Å². The minimum atomic E-state index is -0.899. The van der Waals surface area contributed by atoms with Crippen molar-refractivity contribution in [1.82, 2.24) is 4.90 Å². The summed E-state index contributed by atoms with van der Waals surface area (Å²) in [5.41, 5.74) is 1.53. The first-order valence-corrected chi connectivity index (χ1v) is 8.73. The lowest BCUT2D eigenvalue weighted by atomic mass is 9.76. The van der Waals surface area contributed by atoms with Crippen molar-refractivity contribution >= 4 is 5.97 Å². The molecule has 132 valence electrons. The quantitative estimate of drug-likeness (QED) is 0.897. The number of hydrogen-bond donors (Lipinski definition) is 1. The Bertz CT molecular complexity index is 603. The summed E-state index contributed by atoms with van der Waals surface area (Å²) in [6.07, 6.45) is 6.38. The van der Waals surface area contributed by atoms with Crippen LogP contribution in [0.25, 0.3) is 0 Å². The van der Waals surface area contributed by atoms with E-state index in [4.69, 9.17) is 9.47 Å². The molecule has 1 saturated carbocycles. The number of piperidine rings is 1. The summed E-state index contributed by atoms with van der Waals surface area (Å²) in [7, 11) is 3.46. The Morgan fingerprint density at radius 1 is 1.33 bits per heavy atom. The van der Waals surface area contributed by atoms with Gasteiger partial charge in [-0.15, -0.1) is 0 Å². The average molecular weight is 333 g/mol. The van der Waals surface area contributed by atoms with Crippen LogP contribution in [0.15, 0.2) is 18.2 Å². The summed E-state index contributed by atoms with van der Waals surface area (Å²) in [5, 5.41) is 9.24. The third kappa shape index (κ3) is 3.28. The zero-order chi connectivity index (χ0) is 17.2. The molecule has 1 N–H and O–H groups in total. The molecule has 1 saturated heterocycles. The maximum absolute atomic E-state index is 11.3. The van der Waals surface area contributed by atoms with Gasteiger partial charge in [0, 0.05) is 31.2 Å². The highest BCUT2D eigenvalue weighted by molar-refractivity contribution is 5.88. The van der Waals surface area contributed by atoms with E-state index in [1.807, 2.05) is 7.11 Å². The van der Waals surface area contributed by atoms with E-state index < -0.39 is 5.97 Å². The van der Waals surface area contributed by atoms with Crippen molar-refractivity contribution in [2.45, 2.75) is 44.8 Å². The molecular weight excluding hydrogens is 306 g/mol. The molecule has 5 nitrogen and oxygen atoms in total. The van der Waals surface area contributed by atoms with Gasteiger partial charge in [0.2, 0.25) is 0 Å². The highest BCUT2D eigenvalue weighted by Crippen LogP contribution is 2.46. The van der Waals surface area contributed by atoms with Gasteiger partial charge < -0.3 is 14.6 Å². The topological polar surface area (TPSA) is 59.0 Å². The predicted molar refractivity (Wildman–Crippen MR) is 91.5 cm³/mol. The Morgan fingerprint density at radius 3 is 2.83 bits per heavy atom. The molecule has 2 fully saturated rings. The van der Waals surface area contributed by atoms with E-state index in [9.17, 15) is 9.90 Å². The lowest BCUT2D eigenvalue weighted by molar-refractivity contribution is -0.0367. The van der Waals surface area contributed by atoms with Crippen molar-refractivity contribution in [3.8, 4) is 5.75 Å². The molecule has 0 aromatic heterocycles. The SMILES string of the molecule is COc1ccc(C(=O)O)cc1CN1CCC[C@@]2(CCC[C@H]2OC)C1. The Morgan fingerprint density at radius 2 is 2.12 bits per heavy atom. The molecule has 1 aliphatic carbocycles. The molecule has 3 rings (SSSR count). The molecule has 2 atom stereocenters. The van der Waals surface area contributed by atoms with Crippen LogP contribution < -0.4 is 4.74 Å². The van der Waals surface area contributed by atoms with Gasteiger partial charge in [0.25, 0.3) is 0 Å². The Labute approximate surface area is 143 Å². The van der Waals surface area contributed by atoms with Gasteiger partial charge in [-0.1, -0.05) is 6.42 Å². The monoisotopic (exact) mass is 333 g/mol. The van der Waals surface area contributed by atoms with Gasteiger partial charge in [0.05, 0.1) is 18.8 Å². The molecule has 2 aliphatic rings. The number of carbonyl (C=O) groups is 1. The fourth-order valence-corrected chi connectivity index (χ4v) is 4.61. The molecule has 0 radical (unpaired) electrons. The van der Waals surface area contributed by atoms with Gasteiger partial charge in [-0.05, 0) is 50.4 Å². The van der Waals surface area contributed by atoms with Crippen LogP contribution in [0.2, 0.25) is 0 Å². The molecule has 1 spiro atoms. The van der Waals surface area contributed by atoms with Crippen LogP contribution in [0.5, 0.6) is 5.75 Å². The number of likely N-dealkylation sites (tertiary alicyclic amines) is 1. The fraction of sp³-hybridized carbons (Fsp3) is 0.632. The molecule has 24 heavy (non-hydrogen) atoms. The lowest BCUT2D eigenvalue weighted by Crippen LogP contribution is -2.47. The number of aromatic carboxylic acids is 1. The maximum atomic E-state index is 11.3. The highest BCUT2D eigenvalue weighted by Gasteiger charge is 2.45. The second-order valence-corrected chi connectivity index (χ2v) is 7.12. The standard InChI is InChI=1S/C19H27NO4/c1-23-16-7-6-14(18(21)22)11-15(16)12-20-10-4-9-19(13-20)8-3-5-17(19)24-2/h6-7,11,17H,3-5,8-10,12-13H2,1-2H3,(H,21,22)/t17-,19+/m1/s1. The molecule has 0 unspecified atom stereocenters. The van der Waals surface area contributed by atoms with Crippen LogP contribution in [0.1, 0.15) is 48.0 Å². The number of ether oxygens (including phenoxy) is 2. The number of nitrogens with zero attached hydrogens (tertiary/aromatic N) is 1. The van der Waals surface area contributed by atoms with Crippen LogP contribution >= 0.6 is 0 Å². The Hall–Kier alpha value is -1.59. The number of carboxylic acids is 1. The van der Waals surface area contributed by atoms with Crippen molar-refractivity contribution in [2.75, 3.05) is 27.3 Å². The summed E-state index contributed by atoms with van der Waals surface area (Å²) < 4.78 is 11.2. The summed E-state index contributed by atoms with van der Waals surface area (Å²) in [4.78, 5) is 13.7. The third-order valence-electron chi connectivity index (χ3n) is 5.72. The highest BCUT2D eigenvalue weighted by atomic mass is 16.5. The average Bonchev–Trinajstić information content (AvgIpc) is 2.96. The third-order valence-corrected chi connectivity index (χ3v) is 5.72. The van der Waals surface area contributed by atoms with E-state index in [-0.39, 0.29) is 5.41 Å². The zero-order valence-electron chi connectivity index (χ0n) is 14.6. The predicted octanol–water partition coefficient (Wildman–Crippen LogP) is 3.17. The van der Waals surface area contributed by atoms with Gasteiger partial charge in [-0.3, -0.25) is 4.90 Å². The number of benzene rings is 1. The van der Waals surface area contributed by atoms with Crippen molar-refractivity contribution in [1.29, 1.82) is 0 Å². The number of hydrogen-bond acceptors (Lipinski definition) is 4. The van der Waals surface area contributed by atoms with Crippen molar-refractivity contribution in [2.24, 2.45) is 5.41 Å². The molecule has 1 aliphatic heterocycles. The van der Waals surface area contributed by atoms with Gasteiger partial charge in [-0.2, -0.15) is 0 Å². The van der Waals surface area contributed by atoms with Crippen LogP contribution in [0.3, 0.4) is 0 Å². The first-order chi connectivity index (χ1) is 11.6. The minimum absolute atomic E-state index is 0.268. The van der Waals surface area contributed by atoms with E-state index in [1.165, 1.54) is 25.7 Å². The smallest absolute Gasteiger partial charge is 0.335 e. The van der Waals surface area contributed by atoms with E-state index in [1.54, 1.807) is 25.3 Å². The molecule has 0 bridgehead atoms. The summed E-state index contributed by atoms with van der Waals surface area (Å²) in [6, 6.07) is 5.09. The van der Waals surface area contributed by atoms with Gasteiger partial charge in [0.15, 0.2) is 0 Å². The summed E-state index contributed by atoms with van der Waals surface area (Å²) >= 11 is 0. The Kier molecular flexibility index (Phi) is 5.11. The van der Waals surface area contributed by atoms with E-state index >= 15 is 0 Å². The molecule has 5 heteroatoms. The number of rotatable bonds is 5. The lowest BCUT2D eigenvalue weighted by Gasteiger charge is -2.43. The van der Waals surface area contributed by atoms with Crippen LogP contribution in [-0.4, -0.2) is 49.4 Å². The molecule has 1 heterocycles. The maximum Gasteiger partial charge on any atom is 0.335 e. The van der Waals surface area contributed by atoms with Gasteiger partial charge in [0.1, 0.15) is 5.75 Å².